The van der Waals surface area contributed by atoms with Gasteiger partial charge >= 0.3 is 5.69 Å². The predicted molar refractivity (Wildman–Crippen MR) is 127 cm³/mol. The number of nitrogens with one attached hydrogen (secondary N) is 1. The monoisotopic (exact) mass is 469 g/mol. The molecule has 2 aromatic heterocycles. The summed E-state index contributed by atoms with van der Waals surface area (Å²) in [5, 5.41) is 7.15. The van der Waals surface area contributed by atoms with Crippen LogP contribution in [-0.2, 0) is 11.3 Å². The summed E-state index contributed by atoms with van der Waals surface area (Å²) in [7, 11) is 0. The summed E-state index contributed by atoms with van der Waals surface area (Å²) in [4.78, 5) is 30.6. The number of carbonyl (C=O) groups excluding carboxylic acids is 1. The Morgan fingerprint density at radius 3 is 2.71 bits per heavy atom. The maximum Gasteiger partial charge on any atom is 0.351 e. The Kier molecular flexibility index (Phi) is 4.84. The van der Waals surface area contributed by atoms with E-state index in [1.807, 2.05) is 37.3 Å². The number of ether oxygens (including phenoxy) is 3. The second kappa shape index (κ2) is 8.17. The molecule has 0 atom stereocenters. The molecule has 3 aromatic carbocycles. The van der Waals surface area contributed by atoms with E-state index in [2.05, 4.69) is 15.4 Å². The molecule has 1 N–H and O–H groups in total. The summed E-state index contributed by atoms with van der Waals surface area (Å²) < 4.78 is 19.1. The number of aryl methyl sites for hydroxylation is 1. The van der Waals surface area contributed by atoms with E-state index in [0.29, 0.717) is 34.0 Å². The van der Waals surface area contributed by atoms with Crippen molar-refractivity contribution < 1.29 is 19.0 Å². The summed E-state index contributed by atoms with van der Waals surface area (Å²) in [5.41, 5.74) is 2.47. The molecule has 6 rings (SSSR count). The van der Waals surface area contributed by atoms with Gasteiger partial charge in [0.1, 0.15) is 12.3 Å². The zero-order chi connectivity index (χ0) is 23.9. The van der Waals surface area contributed by atoms with Gasteiger partial charge in [0.15, 0.2) is 11.5 Å². The molecule has 0 bridgehead atoms. The van der Waals surface area contributed by atoms with Gasteiger partial charge in [-0.2, -0.15) is 0 Å². The Bertz CT molecular complexity index is 1660. The number of rotatable bonds is 5. The van der Waals surface area contributed by atoms with Gasteiger partial charge in [0.2, 0.25) is 18.3 Å². The molecule has 174 valence electrons. The van der Waals surface area contributed by atoms with Crippen LogP contribution >= 0.6 is 0 Å². The van der Waals surface area contributed by atoms with Gasteiger partial charge in [0.05, 0.1) is 11.0 Å². The Hall–Kier alpha value is -4.86. The third-order valence-electron chi connectivity index (χ3n) is 5.56. The lowest BCUT2D eigenvalue weighted by Gasteiger charge is -2.07. The highest BCUT2D eigenvalue weighted by Gasteiger charge is 2.20. The summed E-state index contributed by atoms with van der Waals surface area (Å²) in [6.45, 7) is 1.82. The maximum atomic E-state index is 13.3. The molecule has 10 nitrogen and oxygen atoms in total. The van der Waals surface area contributed by atoms with E-state index < -0.39 is 11.6 Å². The first-order valence-electron chi connectivity index (χ1n) is 10.9. The van der Waals surface area contributed by atoms with E-state index in [0.717, 1.165) is 10.2 Å². The van der Waals surface area contributed by atoms with Gasteiger partial charge in [-0.3, -0.25) is 4.79 Å². The molecule has 0 fully saturated rings. The number of hydrogen-bond acceptors (Lipinski definition) is 7. The number of para-hydroxylation sites is 2. The van der Waals surface area contributed by atoms with Crippen LogP contribution in [-0.4, -0.2) is 31.9 Å². The molecule has 10 heteroatoms. The number of hydrogen-bond donors (Lipinski definition) is 1. The van der Waals surface area contributed by atoms with Gasteiger partial charge in [0.25, 0.3) is 5.88 Å². The van der Waals surface area contributed by atoms with Crippen molar-refractivity contribution in [3.05, 3.63) is 82.8 Å². The van der Waals surface area contributed by atoms with E-state index in [4.69, 9.17) is 14.2 Å². The average molecular weight is 469 g/mol. The van der Waals surface area contributed by atoms with Crippen LogP contribution in [0.2, 0.25) is 0 Å². The predicted octanol–water partition coefficient (Wildman–Crippen LogP) is 3.51. The van der Waals surface area contributed by atoms with Gasteiger partial charge in [0, 0.05) is 11.8 Å². The lowest BCUT2D eigenvalue weighted by atomic mass is 10.2. The fourth-order valence-electron chi connectivity index (χ4n) is 3.87. The second-order valence-corrected chi connectivity index (χ2v) is 8.04. The zero-order valence-electron chi connectivity index (χ0n) is 18.6. The number of benzene rings is 3. The van der Waals surface area contributed by atoms with E-state index in [1.165, 1.54) is 4.40 Å². The molecular weight excluding hydrogens is 450 g/mol. The number of anilines is 1. The number of aromatic nitrogens is 4. The van der Waals surface area contributed by atoms with Crippen molar-refractivity contribution in [3.63, 3.8) is 0 Å². The number of nitrogens with zero attached hydrogens (tertiary/aromatic N) is 4. The Balaban J connectivity index is 1.36. The molecule has 0 unspecified atom stereocenters. The largest absolute Gasteiger partial charge is 0.454 e. The summed E-state index contributed by atoms with van der Waals surface area (Å²) >= 11 is 0. The lowest BCUT2D eigenvalue weighted by molar-refractivity contribution is -0.117. The van der Waals surface area contributed by atoms with Crippen molar-refractivity contribution in [1.29, 1.82) is 0 Å². The van der Waals surface area contributed by atoms with Crippen molar-refractivity contribution in [2.24, 2.45) is 0 Å². The molecule has 1 amide bonds. The van der Waals surface area contributed by atoms with Crippen molar-refractivity contribution in [3.8, 4) is 23.1 Å². The molecule has 1 aliphatic rings. The first kappa shape index (κ1) is 20.7. The molecule has 1 aliphatic heterocycles. The van der Waals surface area contributed by atoms with Crippen LogP contribution in [0, 0.1) is 6.92 Å². The third kappa shape index (κ3) is 3.80. The van der Waals surface area contributed by atoms with Crippen molar-refractivity contribution in [2.45, 2.75) is 13.5 Å². The fourth-order valence-corrected chi connectivity index (χ4v) is 3.87. The minimum Gasteiger partial charge on any atom is -0.454 e. The number of fused-ring (bicyclic) bond motifs is 4. The summed E-state index contributed by atoms with van der Waals surface area (Å²) in [5.74, 6) is 1.46. The zero-order valence-corrected chi connectivity index (χ0v) is 18.6. The maximum absolute atomic E-state index is 13.3. The summed E-state index contributed by atoms with van der Waals surface area (Å²) in [6, 6.07) is 19.7. The molecule has 0 aliphatic carbocycles. The van der Waals surface area contributed by atoms with Gasteiger partial charge in [-0.25, -0.2) is 18.9 Å². The van der Waals surface area contributed by atoms with E-state index in [-0.39, 0.29) is 24.9 Å². The minimum atomic E-state index is -0.479. The number of amides is 1. The molecular formula is C25H19N5O5. The standard InChI is InChI=1S/C25H19N5O5/c1-15-6-9-17(10-7-15)35-24-23-28-29(25(32)30(23)19-5-3-2-4-18(19)27-24)13-22(31)26-16-8-11-20-21(12-16)34-14-33-20/h2-12H,13-14H2,1H3,(H,26,31). The van der Waals surface area contributed by atoms with Crippen LogP contribution < -0.4 is 25.2 Å². The van der Waals surface area contributed by atoms with Crippen LogP contribution in [0.4, 0.5) is 5.69 Å². The molecule has 3 heterocycles. The van der Waals surface area contributed by atoms with Crippen LogP contribution in [0.1, 0.15) is 5.56 Å². The van der Waals surface area contributed by atoms with E-state index in [9.17, 15) is 9.59 Å². The van der Waals surface area contributed by atoms with Gasteiger partial charge in [-0.15, -0.1) is 5.10 Å². The second-order valence-electron chi connectivity index (χ2n) is 8.04. The summed E-state index contributed by atoms with van der Waals surface area (Å²) in [6.07, 6.45) is 0. The van der Waals surface area contributed by atoms with E-state index >= 15 is 0 Å². The Morgan fingerprint density at radius 1 is 1.06 bits per heavy atom. The smallest absolute Gasteiger partial charge is 0.351 e. The SMILES string of the molecule is Cc1ccc(Oc2nc3ccccc3n3c(=O)n(CC(=O)Nc4ccc5c(c4)OCO5)nc23)cc1. The Labute approximate surface area is 198 Å². The Morgan fingerprint density at radius 2 is 1.86 bits per heavy atom. The van der Waals surface area contributed by atoms with Crippen molar-refractivity contribution >= 4 is 28.3 Å². The first-order valence-corrected chi connectivity index (χ1v) is 10.9. The van der Waals surface area contributed by atoms with Gasteiger partial charge < -0.3 is 19.5 Å². The van der Waals surface area contributed by atoms with Crippen LogP contribution in [0.15, 0.2) is 71.5 Å². The molecule has 0 spiro atoms. The molecule has 35 heavy (non-hydrogen) atoms. The fraction of sp³-hybridized carbons (Fsp3) is 0.120. The molecule has 5 aromatic rings. The van der Waals surface area contributed by atoms with Gasteiger partial charge in [-0.1, -0.05) is 29.8 Å². The molecule has 0 radical (unpaired) electrons. The lowest BCUT2D eigenvalue weighted by Crippen LogP contribution is -2.28. The minimum absolute atomic E-state index is 0.137. The highest BCUT2D eigenvalue weighted by atomic mass is 16.7. The van der Waals surface area contributed by atoms with Crippen LogP contribution in [0.5, 0.6) is 23.1 Å². The average Bonchev–Trinajstić information content (AvgIpc) is 3.45. The van der Waals surface area contributed by atoms with Crippen molar-refractivity contribution in [1.82, 2.24) is 19.2 Å². The van der Waals surface area contributed by atoms with E-state index in [1.54, 1.807) is 36.4 Å². The van der Waals surface area contributed by atoms with Crippen LogP contribution in [0.3, 0.4) is 0 Å². The first-order chi connectivity index (χ1) is 17.0. The molecule has 0 saturated heterocycles. The third-order valence-corrected chi connectivity index (χ3v) is 5.56. The highest BCUT2D eigenvalue weighted by Crippen LogP contribution is 2.34. The van der Waals surface area contributed by atoms with Crippen molar-refractivity contribution in [2.75, 3.05) is 12.1 Å². The van der Waals surface area contributed by atoms with Gasteiger partial charge in [-0.05, 0) is 43.3 Å². The normalized spacial score (nSPS) is 12.3. The highest BCUT2D eigenvalue weighted by molar-refractivity contribution is 5.91. The quantitative estimate of drug-likeness (QED) is 0.420. The topological polar surface area (TPSA) is 109 Å². The van der Waals surface area contributed by atoms with Crippen LogP contribution in [0.25, 0.3) is 16.7 Å². The molecule has 0 saturated carbocycles. The number of carbonyl (C=O) groups is 1.